The minimum Gasteiger partial charge on any atom is -0.550 e. The molecule has 0 aliphatic rings. The number of aliphatic hydroxyl groups is 1. The van der Waals surface area contributed by atoms with Crippen LogP contribution in [-0.4, -0.2) is 66.6 Å². The van der Waals surface area contributed by atoms with Crippen LogP contribution in [0.4, 0.5) is 0 Å². The van der Waals surface area contributed by atoms with Crippen molar-refractivity contribution >= 4 is 11.9 Å². The highest BCUT2D eigenvalue weighted by atomic mass is 16.4. The van der Waals surface area contributed by atoms with Gasteiger partial charge in [-0.2, -0.15) is 0 Å². The Labute approximate surface area is 107 Å². The third kappa shape index (κ3) is 7.21. The maximum atomic E-state index is 10.5. The van der Waals surface area contributed by atoms with Gasteiger partial charge in [-0.25, -0.2) is 0 Å². The summed E-state index contributed by atoms with van der Waals surface area (Å²) in [6.45, 7) is 0.399. The monoisotopic (exact) mass is 262 g/mol. The highest BCUT2D eigenvalue weighted by molar-refractivity contribution is 5.66. The number of carbonyl (C=O) groups excluding carboxylic acids is 1. The third-order valence-corrected chi connectivity index (χ3v) is 2.50. The maximum Gasteiger partial charge on any atom is 0.303 e. The largest absolute Gasteiger partial charge is 0.550 e. The fourth-order valence-electron chi connectivity index (χ4n) is 1.70. The number of aliphatic carboxylic acids is 2. The molecular weight excluding hydrogens is 240 g/mol. The molecule has 3 N–H and O–H groups in total. The highest BCUT2D eigenvalue weighted by Gasteiger charge is 2.30. The first-order valence-corrected chi connectivity index (χ1v) is 5.78. The van der Waals surface area contributed by atoms with Crippen LogP contribution >= 0.6 is 0 Å². The van der Waals surface area contributed by atoms with Gasteiger partial charge < -0.3 is 24.6 Å². The van der Waals surface area contributed by atoms with Crippen molar-refractivity contribution in [3.05, 3.63) is 0 Å². The number of carbonyl (C=O) groups is 2. The van der Waals surface area contributed by atoms with Gasteiger partial charge in [-0.05, 0) is 6.42 Å². The van der Waals surface area contributed by atoms with Gasteiger partial charge in [0, 0.05) is 25.4 Å². The Morgan fingerprint density at radius 1 is 1.33 bits per heavy atom. The molecule has 0 aromatic heterocycles. The second-order valence-corrected chi connectivity index (χ2v) is 5.16. The zero-order chi connectivity index (χ0) is 14.3. The lowest BCUT2D eigenvalue weighted by atomic mass is 10.1. The van der Waals surface area contributed by atoms with Crippen molar-refractivity contribution in [2.45, 2.75) is 31.5 Å². The lowest BCUT2D eigenvalue weighted by Gasteiger charge is -2.37. The summed E-state index contributed by atoms with van der Waals surface area (Å²) in [6.07, 6.45) is -1.57. The van der Waals surface area contributed by atoms with E-state index in [-0.39, 0.29) is 6.42 Å². The van der Waals surface area contributed by atoms with Crippen molar-refractivity contribution in [3.8, 4) is 0 Å². The number of carboxylic acids is 2. The average molecular weight is 262 g/mol. The summed E-state index contributed by atoms with van der Waals surface area (Å²) >= 11 is 0. The molecule has 0 rings (SSSR count). The molecule has 0 amide bonds. The van der Waals surface area contributed by atoms with Crippen molar-refractivity contribution in [2.24, 2.45) is 0 Å². The Morgan fingerprint density at radius 3 is 2.28 bits per heavy atom. The van der Waals surface area contributed by atoms with Crippen LogP contribution in [0.2, 0.25) is 0 Å². The van der Waals surface area contributed by atoms with Gasteiger partial charge in [0.05, 0.1) is 21.1 Å². The highest BCUT2D eigenvalue weighted by Crippen LogP contribution is 2.08. The Morgan fingerprint density at radius 2 is 1.89 bits per heavy atom. The second kappa shape index (κ2) is 7.30. The predicted octanol–water partition coefficient (Wildman–Crippen LogP) is -2.03. The van der Waals surface area contributed by atoms with Gasteiger partial charge in [0.15, 0.2) is 6.17 Å². The van der Waals surface area contributed by atoms with Gasteiger partial charge in [0.2, 0.25) is 0 Å². The van der Waals surface area contributed by atoms with Gasteiger partial charge in [0.25, 0.3) is 0 Å². The summed E-state index contributed by atoms with van der Waals surface area (Å²) in [7, 11) is 5.44. The number of hydrogen-bond acceptors (Lipinski definition) is 5. The SMILES string of the molecule is C[N+](C)(C)C(NCCCC(=O)O)C(O)CC(=O)[O-]. The smallest absolute Gasteiger partial charge is 0.303 e. The number of carboxylic acid groups (broad SMARTS) is 2. The number of quaternary nitrogens is 1. The lowest BCUT2D eigenvalue weighted by Crippen LogP contribution is -2.60. The molecule has 0 radical (unpaired) electrons. The van der Waals surface area contributed by atoms with Crippen LogP contribution in [0, 0.1) is 0 Å². The van der Waals surface area contributed by atoms with Crippen molar-refractivity contribution in [3.63, 3.8) is 0 Å². The minimum atomic E-state index is -1.31. The van der Waals surface area contributed by atoms with Crippen molar-refractivity contribution in [1.29, 1.82) is 0 Å². The molecule has 0 aliphatic carbocycles. The fourth-order valence-corrected chi connectivity index (χ4v) is 1.70. The van der Waals surface area contributed by atoms with E-state index in [0.29, 0.717) is 17.4 Å². The quantitative estimate of drug-likeness (QED) is 0.251. The first kappa shape index (κ1) is 16.8. The number of aliphatic hydroxyl groups excluding tert-OH is 1. The summed E-state index contributed by atoms with van der Waals surface area (Å²) in [5.41, 5.74) is 0. The summed E-state index contributed by atoms with van der Waals surface area (Å²) in [6, 6.07) is 0. The third-order valence-electron chi connectivity index (χ3n) is 2.50. The van der Waals surface area contributed by atoms with Crippen LogP contribution in [0.5, 0.6) is 0 Å². The van der Waals surface area contributed by atoms with Crippen LogP contribution in [0.1, 0.15) is 19.3 Å². The number of likely N-dealkylation sites (N-methyl/N-ethyl adjacent to an activating group) is 1. The summed E-state index contributed by atoms with van der Waals surface area (Å²) in [5.74, 6) is -2.19. The number of nitrogens with zero attached hydrogens (tertiary/aromatic N) is 1. The summed E-state index contributed by atoms with van der Waals surface area (Å²) in [5, 5.41) is 31.8. The molecule has 2 unspecified atom stereocenters. The molecule has 18 heavy (non-hydrogen) atoms. The Balaban J connectivity index is 4.33. The van der Waals surface area contributed by atoms with Gasteiger partial charge in [0.1, 0.15) is 6.10 Å². The van der Waals surface area contributed by atoms with Gasteiger partial charge in [-0.3, -0.25) is 10.1 Å². The van der Waals surface area contributed by atoms with E-state index in [1.165, 1.54) is 0 Å². The van der Waals surface area contributed by atoms with E-state index >= 15 is 0 Å². The van der Waals surface area contributed by atoms with Crippen LogP contribution in [0.15, 0.2) is 0 Å². The van der Waals surface area contributed by atoms with E-state index in [4.69, 9.17) is 5.11 Å². The van der Waals surface area contributed by atoms with Crippen LogP contribution in [-0.2, 0) is 9.59 Å². The predicted molar refractivity (Wildman–Crippen MR) is 62.3 cm³/mol. The molecule has 0 spiro atoms. The van der Waals surface area contributed by atoms with E-state index in [1.54, 1.807) is 0 Å². The van der Waals surface area contributed by atoms with Crippen molar-refractivity contribution in [1.82, 2.24) is 5.32 Å². The van der Waals surface area contributed by atoms with Crippen LogP contribution in [0.3, 0.4) is 0 Å². The standard InChI is InChI=1S/C11H22N2O5/c1-13(2,3)11(8(14)7-10(17)18)12-6-4-5-9(15)16/h8,11-12,14H,4-7H2,1-3H3,(H-,15,16,17,18). The number of rotatable bonds is 9. The Kier molecular flexibility index (Phi) is 6.82. The molecule has 2 atom stereocenters. The van der Waals surface area contributed by atoms with Gasteiger partial charge in [-0.1, -0.05) is 0 Å². The van der Waals surface area contributed by atoms with Crippen LogP contribution in [0.25, 0.3) is 0 Å². The molecule has 7 heteroatoms. The molecule has 0 aromatic carbocycles. The Bertz CT molecular complexity index is 288. The van der Waals surface area contributed by atoms with Crippen molar-refractivity contribution in [2.75, 3.05) is 27.7 Å². The first-order valence-electron chi connectivity index (χ1n) is 5.78. The van der Waals surface area contributed by atoms with E-state index in [1.807, 2.05) is 21.1 Å². The molecule has 0 aliphatic heterocycles. The number of hydrogen-bond donors (Lipinski definition) is 3. The molecule has 7 nitrogen and oxygen atoms in total. The first-order chi connectivity index (χ1) is 8.14. The van der Waals surface area contributed by atoms with Gasteiger partial charge in [-0.15, -0.1) is 0 Å². The molecule has 106 valence electrons. The van der Waals surface area contributed by atoms with Gasteiger partial charge >= 0.3 is 5.97 Å². The summed E-state index contributed by atoms with van der Waals surface area (Å²) < 4.78 is 0.321. The minimum absolute atomic E-state index is 0.0352. The lowest BCUT2D eigenvalue weighted by molar-refractivity contribution is -0.903. The zero-order valence-electron chi connectivity index (χ0n) is 11.0. The molecular formula is C11H22N2O5. The molecule has 0 bridgehead atoms. The molecule has 0 aromatic rings. The fraction of sp³-hybridized carbons (Fsp3) is 0.818. The topological polar surface area (TPSA) is 110 Å². The maximum absolute atomic E-state index is 10.5. The van der Waals surface area contributed by atoms with E-state index in [0.717, 1.165) is 0 Å². The molecule has 0 saturated carbocycles. The summed E-state index contributed by atoms with van der Waals surface area (Å²) in [4.78, 5) is 20.8. The second-order valence-electron chi connectivity index (χ2n) is 5.16. The van der Waals surface area contributed by atoms with E-state index in [2.05, 4.69) is 5.32 Å². The zero-order valence-corrected chi connectivity index (χ0v) is 11.0. The normalized spacial score (nSPS) is 15.1. The molecule has 0 fully saturated rings. The average Bonchev–Trinajstić information content (AvgIpc) is 2.13. The van der Waals surface area contributed by atoms with E-state index in [9.17, 15) is 19.8 Å². The van der Waals surface area contributed by atoms with Crippen LogP contribution < -0.4 is 10.4 Å². The number of nitrogens with one attached hydrogen (secondary N) is 1. The molecule has 0 heterocycles. The Hall–Kier alpha value is -1.18. The van der Waals surface area contributed by atoms with E-state index < -0.39 is 30.6 Å². The van der Waals surface area contributed by atoms with Crippen molar-refractivity contribution < 1.29 is 29.4 Å². The molecule has 0 saturated heterocycles.